The fraction of sp³-hybridized carbons (Fsp3) is 0.417. The smallest absolute Gasteiger partial charge is 0.335 e. The van der Waals surface area contributed by atoms with Gasteiger partial charge in [0.15, 0.2) is 5.60 Å². The number of aliphatic carboxylic acids is 1. The number of carbonyl (C=O) groups is 1. The van der Waals surface area contributed by atoms with E-state index in [0.717, 1.165) is 10.2 Å². The first-order valence-corrected chi connectivity index (χ1v) is 6.27. The number of carboxylic acids is 1. The SMILES string of the molecule is O=C(O)C1(O)CCN(c2ccccc2Br)CC1. The molecule has 2 N–H and O–H groups in total. The van der Waals surface area contributed by atoms with Crippen LogP contribution in [-0.2, 0) is 4.79 Å². The quantitative estimate of drug-likeness (QED) is 0.875. The molecule has 2 rings (SSSR count). The van der Waals surface area contributed by atoms with Crippen molar-refractivity contribution in [1.29, 1.82) is 0 Å². The van der Waals surface area contributed by atoms with Crippen molar-refractivity contribution in [3.05, 3.63) is 28.7 Å². The van der Waals surface area contributed by atoms with E-state index in [9.17, 15) is 9.90 Å². The van der Waals surface area contributed by atoms with Crippen molar-refractivity contribution < 1.29 is 15.0 Å². The first kappa shape index (κ1) is 12.4. The molecule has 1 heterocycles. The van der Waals surface area contributed by atoms with Crippen LogP contribution in [0.4, 0.5) is 5.69 Å². The molecule has 5 heteroatoms. The van der Waals surface area contributed by atoms with E-state index < -0.39 is 11.6 Å². The normalized spacial score (nSPS) is 19.1. The molecule has 1 aromatic carbocycles. The summed E-state index contributed by atoms with van der Waals surface area (Å²) in [4.78, 5) is 13.0. The number of halogens is 1. The highest BCUT2D eigenvalue weighted by Gasteiger charge is 2.39. The third-order valence-electron chi connectivity index (χ3n) is 3.18. The van der Waals surface area contributed by atoms with Crippen molar-refractivity contribution in [3.63, 3.8) is 0 Å². The lowest BCUT2D eigenvalue weighted by molar-refractivity contribution is -0.160. The Morgan fingerprint density at radius 1 is 1.29 bits per heavy atom. The number of para-hydroxylation sites is 1. The maximum atomic E-state index is 10.9. The molecular weight excluding hydrogens is 286 g/mol. The molecule has 1 aromatic rings. The monoisotopic (exact) mass is 299 g/mol. The zero-order chi connectivity index (χ0) is 12.5. The van der Waals surface area contributed by atoms with Crippen molar-refractivity contribution >= 4 is 27.6 Å². The molecule has 92 valence electrons. The Morgan fingerprint density at radius 2 is 1.88 bits per heavy atom. The Morgan fingerprint density at radius 3 is 2.41 bits per heavy atom. The highest BCUT2D eigenvalue weighted by molar-refractivity contribution is 9.10. The predicted molar refractivity (Wildman–Crippen MR) is 68.2 cm³/mol. The second-order valence-electron chi connectivity index (χ2n) is 4.28. The standard InChI is InChI=1S/C12H14BrNO3/c13-9-3-1-2-4-10(9)14-7-5-12(17,6-8-14)11(15)16/h1-4,17H,5-8H2,(H,15,16). The fourth-order valence-corrected chi connectivity index (χ4v) is 2.58. The van der Waals surface area contributed by atoms with E-state index in [2.05, 4.69) is 20.8 Å². The van der Waals surface area contributed by atoms with Gasteiger partial charge < -0.3 is 15.1 Å². The Hall–Kier alpha value is -1.07. The van der Waals surface area contributed by atoms with Crippen molar-refractivity contribution in [2.45, 2.75) is 18.4 Å². The van der Waals surface area contributed by atoms with Gasteiger partial charge in [0.05, 0.1) is 5.69 Å². The Bertz CT molecular complexity index is 428. The van der Waals surface area contributed by atoms with Crippen LogP contribution in [0.1, 0.15) is 12.8 Å². The predicted octanol–water partition coefficient (Wildman–Crippen LogP) is 1.86. The molecule has 17 heavy (non-hydrogen) atoms. The molecule has 0 aromatic heterocycles. The molecular formula is C12H14BrNO3. The summed E-state index contributed by atoms with van der Waals surface area (Å²) in [5, 5.41) is 18.8. The van der Waals surface area contributed by atoms with Gasteiger partial charge in [0, 0.05) is 30.4 Å². The molecule has 0 saturated carbocycles. The topological polar surface area (TPSA) is 60.8 Å². The number of carboxylic acid groups (broad SMARTS) is 1. The summed E-state index contributed by atoms with van der Waals surface area (Å²) in [6, 6.07) is 7.81. The number of nitrogens with zero attached hydrogens (tertiary/aromatic N) is 1. The minimum Gasteiger partial charge on any atom is -0.479 e. The minimum atomic E-state index is -1.56. The Balaban J connectivity index is 2.10. The minimum absolute atomic E-state index is 0.254. The van der Waals surface area contributed by atoms with Gasteiger partial charge in [0.2, 0.25) is 0 Å². The zero-order valence-corrected chi connectivity index (χ0v) is 10.9. The largest absolute Gasteiger partial charge is 0.479 e. The van der Waals surface area contributed by atoms with Crippen LogP contribution in [0.3, 0.4) is 0 Å². The van der Waals surface area contributed by atoms with Crippen molar-refractivity contribution in [2.75, 3.05) is 18.0 Å². The van der Waals surface area contributed by atoms with Gasteiger partial charge in [-0.3, -0.25) is 0 Å². The molecule has 1 aliphatic rings. The maximum Gasteiger partial charge on any atom is 0.335 e. The lowest BCUT2D eigenvalue weighted by Gasteiger charge is -2.37. The lowest BCUT2D eigenvalue weighted by atomic mass is 9.91. The van der Waals surface area contributed by atoms with E-state index in [4.69, 9.17) is 5.11 Å². The third kappa shape index (κ3) is 2.45. The maximum absolute atomic E-state index is 10.9. The molecule has 0 aliphatic carbocycles. The van der Waals surface area contributed by atoms with Gasteiger partial charge in [-0.1, -0.05) is 12.1 Å². The molecule has 1 saturated heterocycles. The van der Waals surface area contributed by atoms with Crippen LogP contribution in [0.25, 0.3) is 0 Å². The van der Waals surface area contributed by atoms with Gasteiger partial charge in [-0.15, -0.1) is 0 Å². The van der Waals surface area contributed by atoms with Crippen LogP contribution in [0.5, 0.6) is 0 Å². The Labute approximate surface area is 108 Å². The average Bonchev–Trinajstić information content (AvgIpc) is 2.31. The first-order valence-electron chi connectivity index (χ1n) is 5.48. The molecule has 1 fully saturated rings. The summed E-state index contributed by atoms with van der Waals surface area (Å²) in [6.07, 6.45) is 0.507. The van der Waals surface area contributed by atoms with E-state index >= 15 is 0 Å². The van der Waals surface area contributed by atoms with E-state index in [0.29, 0.717) is 13.1 Å². The summed E-state index contributed by atoms with van der Waals surface area (Å²) in [5.41, 5.74) is -0.516. The summed E-state index contributed by atoms with van der Waals surface area (Å²) < 4.78 is 0.987. The summed E-state index contributed by atoms with van der Waals surface area (Å²) >= 11 is 3.47. The van der Waals surface area contributed by atoms with E-state index in [1.807, 2.05) is 24.3 Å². The number of benzene rings is 1. The summed E-state index contributed by atoms with van der Waals surface area (Å²) in [7, 11) is 0. The second kappa shape index (κ2) is 4.66. The number of anilines is 1. The third-order valence-corrected chi connectivity index (χ3v) is 3.85. The number of hydrogen-bond donors (Lipinski definition) is 2. The van der Waals surface area contributed by atoms with Gasteiger partial charge in [-0.25, -0.2) is 4.79 Å². The number of rotatable bonds is 2. The van der Waals surface area contributed by atoms with Crippen molar-refractivity contribution in [2.24, 2.45) is 0 Å². The number of aliphatic hydroxyl groups is 1. The van der Waals surface area contributed by atoms with E-state index in [1.165, 1.54) is 0 Å². The van der Waals surface area contributed by atoms with Crippen LogP contribution in [-0.4, -0.2) is 34.9 Å². The molecule has 0 unspecified atom stereocenters. The highest BCUT2D eigenvalue weighted by Crippen LogP contribution is 2.31. The van der Waals surface area contributed by atoms with Crippen LogP contribution in [0, 0.1) is 0 Å². The van der Waals surface area contributed by atoms with E-state index in [-0.39, 0.29) is 12.8 Å². The highest BCUT2D eigenvalue weighted by atomic mass is 79.9. The zero-order valence-electron chi connectivity index (χ0n) is 9.27. The van der Waals surface area contributed by atoms with E-state index in [1.54, 1.807) is 0 Å². The summed E-state index contributed by atoms with van der Waals surface area (Å²) in [5.74, 6) is -1.12. The van der Waals surface area contributed by atoms with Crippen LogP contribution >= 0.6 is 15.9 Å². The van der Waals surface area contributed by atoms with Gasteiger partial charge in [-0.2, -0.15) is 0 Å². The first-order chi connectivity index (χ1) is 8.03. The number of hydrogen-bond acceptors (Lipinski definition) is 3. The van der Waals surface area contributed by atoms with Crippen LogP contribution in [0.2, 0.25) is 0 Å². The van der Waals surface area contributed by atoms with Crippen LogP contribution < -0.4 is 4.90 Å². The van der Waals surface area contributed by atoms with Crippen molar-refractivity contribution in [1.82, 2.24) is 0 Å². The van der Waals surface area contributed by atoms with Crippen molar-refractivity contribution in [3.8, 4) is 0 Å². The van der Waals surface area contributed by atoms with Crippen LogP contribution in [0.15, 0.2) is 28.7 Å². The van der Waals surface area contributed by atoms with Gasteiger partial charge in [-0.05, 0) is 28.1 Å². The molecule has 0 amide bonds. The molecule has 0 radical (unpaired) electrons. The second-order valence-corrected chi connectivity index (χ2v) is 5.13. The molecule has 0 bridgehead atoms. The lowest BCUT2D eigenvalue weighted by Crippen LogP contribution is -2.49. The van der Waals surface area contributed by atoms with Gasteiger partial charge in [0.25, 0.3) is 0 Å². The molecule has 0 atom stereocenters. The number of piperidine rings is 1. The van der Waals surface area contributed by atoms with Gasteiger partial charge >= 0.3 is 5.97 Å². The average molecular weight is 300 g/mol. The van der Waals surface area contributed by atoms with Gasteiger partial charge in [0.1, 0.15) is 0 Å². The Kier molecular flexibility index (Phi) is 3.40. The molecule has 4 nitrogen and oxygen atoms in total. The fourth-order valence-electron chi connectivity index (χ4n) is 2.04. The molecule has 0 spiro atoms. The summed E-state index contributed by atoms with van der Waals surface area (Å²) in [6.45, 7) is 1.09. The molecule has 1 aliphatic heterocycles.